The van der Waals surface area contributed by atoms with Crippen molar-refractivity contribution in [3.8, 4) is 0 Å². The molecule has 0 unspecified atom stereocenters. The highest BCUT2D eigenvalue weighted by Crippen LogP contribution is 2.07. The molecule has 0 saturated carbocycles. The van der Waals surface area contributed by atoms with E-state index in [9.17, 15) is 4.79 Å². The summed E-state index contributed by atoms with van der Waals surface area (Å²) in [5, 5.41) is 2.95. The van der Waals surface area contributed by atoms with Crippen LogP contribution in [-0.4, -0.2) is 12.5 Å². The van der Waals surface area contributed by atoms with E-state index in [-0.39, 0.29) is 5.91 Å². The summed E-state index contributed by atoms with van der Waals surface area (Å²) in [5.41, 5.74) is 9.93. The molecular formula is C18H22N2O. The van der Waals surface area contributed by atoms with Crippen LogP contribution in [0.25, 0.3) is 0 Å². The number of carbonyl (C=O) groups is 1. The fourth-order valence-electron chi connectivity index (χ4n) is 2.17. The smallest absolute Gasteiger partial charge is 0.224 e. The average Bonchev–Trinajstić information content (AvgIpc) is 2.50. The third-order valence-electron chi connectivity index (χ3n) is 3.51. The maximum absolute atomic E-state index is 11.9. The van der Waals surface area contributed by atoms with Gasteiger partial charge in [-0.2, -0.15) is 0 Å². The molecule has 0 heterocycles. The van der Waals surface area contributed by atoms with E-state index in [0.717, 1.165) is 24.1 Å². The van der Waals surface area contributed by atoms with Gasteiger partial charge in [-0.1, -0.05) is 43.3 Å². The highest BCUT2D eigenvalue weighted by molar-refractivity contribution is 5.78. The number of hydrogen-bond donors (Lipinski definition) is 2. The zero-order valence-corrected chi connectivity index (χ0v) is 12.4. The van der Waals surface area contributed by atoms with Crippen molar-refractivity contribution < 1.29 is 4.79 Å². The summed E-state index contributed by atoms with van der Waals surface area (Å²) in [5.74, 6) is 0.0645. The Morgan fingerprint density at radius 3 is 2.14 bits per heavy atom. The van der Waals surface area contributed by atoms with Crippen LogP contribution in [0.4, 0.5) is 5.69 Å². The minimum atomic E-state index is 0.0645. The van der Waals surface area contributed by atoms with Crippen molar-refractivity contribution in [3.63, 3.8) is 0 Å². The quantitative estimate of drug-likeness (QED) is 0.800. The predicted molar refractivity (Wildman–Crippen MR) is 87.1 cm³/mol. The monoisotopic (exact) mass is 282 g/mol. The van der Waals surface area contributed by atoms with Gasteiger partial charge in [-0.05, 0) is 41.7 Å². The van der Waals surface area contributed by atoms with E-state index in [4.69, 9.17) is 5.73 Å². The summed E-state index contributed by atoms with van der Waals surface area (Å²) >= 11 is 0. The first-order valence-electron chi connectivity index (χ1n) is 7.36. The van der Waals surface area contributed by atoms with E-state index in [1.807, 2.05) is 36.4 Å². The lowest BCUT2D eigenvalue weighted by atomic mass is 10.1. The number of hydrogen-bond acceptors (Lipinski definition) is 2. The van der Waals surface area contributed by atoms with E-state index < -0.39 is 0 Å². The van der Waals surface area contributed by atoms with Gasteiger partial charge in [0.25, 0.3) is 0 Å². The van der Waals surface area contributed by atoms with Crippen LogP contribution in [0.3, 0.4) is 0 Å². The Balaban J connectivity index is 1.75. The maximum Gasteiger partial charge on any atom is 0.224 e. The van der Waals surface area contributed by atoms with Crippen LogP contribution < -0.4 is 11.1 Å². The Hall–Kier alpha value is -2.29. The van der Waals surface area contributed by atoms with Crippen LogP contribution in [0, 0.1) is 0 Å². The Morgan fingerprint density at radius 2 is 1.52 bits per heavy atom. The lowest BCUT2D eigenvalue weighted by molar-refractivity contribution is -0.120. The molecular weight excluding hydrogens is 260 g/mol. The van der Waals surface area contributed by atoms with Crippen molar-refractivity contribution in [2.45, 2.75) is 26.2 Å². The molecule has 2 rings (SSSR count). The highest BCUT2D eigenvalue weighted by atomic mass is 16.1. The second kappa shape index (κ2) is 7.48. The summed E-state index contributed by atoms with van der Waals surface area (Å²) in [4.78, 5) is 11.9. The molecule has 0 bridgehead atoms. The molecule has 3 heteroatoms. The van der Waals surface area contributed by atoms with Gasteiger partial charge < -0.3 is 11.1 Å². The van der Waals surface area contributed by atoms with Crippen LogP contribution in [0.5, 0.6) is 0 Å². The molecule has 0 aromatic heterocycles. The topological polar surface area (TPSA) is 55.1 Å². The summed E-state index contributed by atoms with van der Waals surface area (Å²) in [6.07, 6.45) is 2.28. The van der Waals surface area contributed by atoms with E-state index >= 15 is 0 Å². The summed E-state index contributed by atoms with van der Waals surface area (Å²) < 4.78 is 0. The van der Waals surface area contributed by atoms with E-state index in [2.05, 4.69) is 24.4 Å². The molecule has 0 aliphatic heterocycles. The summed E-state index contributed by atoms with van der Waals surface area (Å²) in [6, 6.07) is 16.0. The van der Waals surface area contributed by atoms with Gasteiger partial charge in [0.15, 0.2) is 0 Å². The number of carbonyl (C=O) groups excluding carboxylic acids is 1. The van der Waals surface area contributed by atoms with Gasteiger partial charge in [-0.15, -0.1) is 0 Å². The van der Waals surface area contributed by atoms with Crippen molar-refractivity contribution in [1.29, 1.82) is 0 Å². The molecule has 0 aliphatic carbocycles. The molecule has 3 N–H and O–H groups in total. The van der Waals surface area contributed by atoms with Crippen molar-refractivity contribution in [2.24, 2.45) is 0 Å². The van der Waals surface area contributed by atoms with Gasteiger partial charge >= 0.3 is 0 Å². The number of nitrogen functional groups attached to an aromatic ring is 1. The number of anilines is 1. The largest absolute Gasteiger partial charge is 0.399 e. The molecule has 21 heavy (non-hydrogen) atoms. The molecule has 0 spiro atoms. The zero-order chi connectivity index (χ0) is 15.1. The van der Waals surface area contributed by atoms with Gasteiger partial charge in [-0.25, -0.2) is 0 Å². The first kappa shape index (κ1) is 15.1. The molecule has 0 atom stereocenters. The maximum atomic E-state index is 11.9. The summed E-state index contributed by atoms with van der Waals surface area (Å²) in [6.45, 7) is 2.77. The number of rotatable bonds is 6. The van der Waals surface area contributed by atoms with E-state index in [1.165, 1.54) is 11.1 Å². The molecule has 0 saturated heterocycles. The van der Waals surface area contributed by atoms with Crippen molar-refractivity contribution in [1.82, 2.24) is 5.32 Å². The fourth-order valence-corrected chi connectivity index (χ4v) is 2.17. The molecule has 3 nitrogen and oxygen atoms in total. The van der Waals surface area contributed by atoms with E-state index in [0.29, 0.717) is 13.0 Å². The SMILES string of the molecule is CCc1ccc(CC(=O)NCCc2ccc(N)cc2)cc1. The molecule has 0 aliphatic rings. The van der Waals surface area contributed by atoms with Crippen LogP contribution in [0.1, 0.15) is 23.6 Å². The molecule has 0 radical (unpaired) electrons. The molecule has 2 aromatic carbocycles. The first-order valence-corrected chi connectivity index (χ1v) is 7.36. The molecule has 2 aromatic rings. The number of benzene rings is 2. The van der Waals surface area contributed by atoms with Gasteiger partial charge in [0.1, 0.15) is 0 Å². The fraction of sp³-hybridized carbons (Fsp3) is 0.278. The Labute approximate surface area is 126 Å². The van der Waals surface area contributed by atoms with Crippen LogP contribution >= 0.6 is 0 Å². The zero-order valence-electron chi connectivity index (χ0n) is 12.4. The second-order valence-corrected chi connectivity index (χ2v) is 5.19. The molecule has 1 amide bonds. The Bertz CT molecular complexity index is 573. The average molecular weight is 282 g/mol. The van der Waals surface area contributed by atoms with Crippen LogP contribution in [0.2, 0.25) is 0 Å². The van der Waals surface area contributed by atoms with Gasteiger partial charge in [0.05, 0.1) is 6.42 Å². The minimum absolute atomic E-state index is 0.0645. The number of amides is 1. The Kier molecular flexibility index (Phi) is 5.38. The van der Waals surface area contributed by atoms with Gasteiger partial charge in [0.2, 0.25) is 5.91 Å². The van der Waals surface area contributed by atoms with Crippen molar-refractivity contribution in [2.75, 3.05) is 12.3 Å². The van der Waals surface area contributed by atoms with Gasteiger partial charge in [0, 0.05) is 12.2 Å². The predicted octanol–water partition coefficient (Wildman–Crippen LogP) is 2.73. The minimum Gasteiger partial charge on any atom is -0.399 e. The van der Waals surface area contributed by atoms with Gasteiger partial charge in [-0.3, -0.25) is 4.79 Å². The molecule has 110 valence electrons. The second-order valence-electron chi connectivity index (χ2n) is 5.19. The number of aryl methyl sites for hydroxylation is 1. The summed E-state index contributed by atoms with van der Waals surface area (Å²) in [7, 11) is 0. The Morgan fingerprint density at radius 1 is 0.952 bits per heavy atom. The first-order chi connectivity index (χ1) is 10.2. The van der Waals surface area contributed by atoms with E-state index in [1.54, 1.807) is 0 Å². The number of nitrogens with two attached hydrogens (primary N) is 1. The third-order valence-corrected chi connectivity index (χ3v) is 3.51. The van der Waals surface area contributed by atoms with Crippen molar-refractivity contribution >= 4 is 11.6 Å². The number of nitrogens with one attached hydrogen (secondary N) is 1. The van der Waals surface area contributed by atoms with Crippen LogP contribution in [-0.2, 0) is 24.1 Å². The molecule has 0 fully saturated rings. The van der Waals surface area contributed by atoms with Crippen molar-refractivity contribution in [3.05, 3.63) is 65.2 Å². The van der Waals surface area contributed by atoms with Crippen LogP contribution in [0.15, 0.2) is 48.5 Å². The lowest BCUT2D eigenvalue weighted by Gasteiger charge is -2.06. The lowest BCUT2D eigenvalue weighted by Crippen LogP contribution is -2.27. The highest BCUT2D eigenvalue weighted by Gasteiger charge is 2.03. The third kappa shape index (κ3) is 4.95. The normalized spacial score (nSPS) is 10.3. The standard InChI is InChI=1S/C18H22N2O/c1-2-14-3-5-16(6-4-14)13-18(21)20-12-11-15-7-9-17(19)10-8-15/h3-10H,2,11-13,19H2,1H3,(H,20,21).